The number of aromatic nitrogens is 1. The fraction of sp³-hybridized carbons (Fsp3) is 0.588. The van der Waals surface area contributed by atoms with E-state index in [1.54, 1.807) is 17.0 Å². The Morgan fingerprint density at radius 1 is 1.48 bits per heavy atom. The fourth-order valence-corrected chi connectivity index (χ4v) is 2.89. The normalized spacial score (nSPS) is 19.5. The van der Waals surface area contributed by atoms with Crippen LogP contribution in [0.1, 0.15) is 33.1 Å². The van der Waals surface area contributed by atoms with Crippen molar-refractivity contribution in [1.82, 2.24) is 9.88 Å². The van der Waals surface area contributed by atoms with Crippen molar-refractivity contribution < 1.29 is 9.59 Å². The van der Waals surface area contributed by atoms with Gasteiger partial charge in [0, 0.05) is 19.3 Å². The van der Waals surface area contributed by atoms with Crippen LogP contribution in [0.25, 0.3) is 0 Å². The van der Waals surface area contributed by atoms with Crippen LogP contribution in [0.4, 0.5) is 5.82 Å². The Morgan fingerprint density at radius 3 is 2.80 bits per heavy atom. The molecule has 3 atom stereocenters. The number of anilines is 1. The molecule has 140 valence electrons. The summed E-state index contributed by atoms with van der Waals surface area (Å²) >= 11 is 5.79. The summed E-state index contributed by atoms with van der Waals surface area (Å²) in [5.74, 6) is 0.157. The van der Waals surface area contributed by atoms with E-state index < -0.39 is 6.04 Å². The Bertz CT molecular complexity index is 583. The van der Waals surface area contributed by atoms with E-state index in [-0.39, 0.29) is 36.1 Å². The average molecular weight is 389 g/mol. The maximum atomic E-state index is 12.5. The summed E-state index contributed by atoms with van der Waals surface area (Å²) in [4.78, 5) is 30.7. The summed E-state index contributed by atoms with van der Waals surface area (Å²) in [5, 5.41) is 3.30. The van der Waals surface area contributed by atoms with Crippen molar-refractivity contribution in [3.05, 3.63) is 23.4 Å². The zero-order chi connectivity index (χ0) is 17.7. The predicted molar refractivity (Wildman–Crippen MR) is 102 cm³/mol. The summed E-state index contributed by atoms with van der Waals surface area (Å²) in [6, 6.07) is 2.83. The van der Waals surface area contributed by atoms with Gasteiger partial charge in [-0.25, -0.2) is 4.98 Å². The van der Waals surface area contributed by atoms with E-state index in [9.17, 15) is 9.59 Å². The topological polar surface area (TPSA) is 88.3 Å². The molecule has 0 aromatic carbocycles. The summed E-state index contributed by atoms with van der Waals surface area (Å²) < 4.78 is 0. The standard InChI is InChI=1S/C17H25ClN4O2.ClH/c1-3-11(2)15(19)17(24)22-8-4-5-12(10-22)16(23)21-14-7-6-13(18)9-20-14;/h6-7,9,11-12,15H,3-5,8,10,19H2,1-2H3,(H,20,21,23);1H. The molecular formula is C17H26Cl2N4O2. The molecule has 3 unspecified atom stereocenters. The van der Waals surface area contributed by atoms with E-state index in [0.29, 0.717) is 23.9 Å². The lowest BCUT2D eigenvalue weighted by molar-refractivity contribution is -0.136. The summed E-state index contributed by atoms with van der Waals surface area (Å²) in [6.45, 7) is 5.06. The molecule has 2 heterocycles. The highest BCUT2D eigenvalue weighted by Crippen LogP contribution is 2.20. The van der Waals surface area contributed by atoms with Crippen LogP contribution in [0.2, 0.25) is 5.02 Å². The molecule has 8 heteroatoms. The van der Waals surface area contributed by atoms with E-state index in [2.05, 4.69) is 10.3 Å². The molecule has 0 saturated carbocycles. The number of pyridine rings is 1. The molecule has 1 saturated heterocycles. The van der Waals surface area contributed by atoms with Crippen LogP contribution >= 0.6 is 24.0 Å². The van der Waals surface area contributed by atoms with Gasteiger partial charge in [0.05, 0.1) is 17.0 Å². The molecule has 0 aliphatic carbocycles. The number of hydrogen-bond donors (Lipinski definition) is 2. The zero-order valence-electron chi connectivity index (χ0n) is 14.6. The van der Waals surface area contributed by atoms with Gasteiger partial charge in [0.25, 0.3) is 0 Å². The van der Waals surface area contributed by atoms with E-state index in [1.807, 2.05) is 13.8 Å². The second-order valence-electron chi connectivity index (χ2n) is 6.39. The van der Waals surface area contributed by atoms with Crippen molar-refractivity contribution >= 4 is 41.6 Å². The van der Waals surface area contributed by atoms with Crippen molar-refractivity contribution in [3.8, 4) is 0 Å². The first kappa shape index (κ1) is 21.7. The lowest BCUT2D eigenvalue weighted by atomic mass is 9.94. The average Bonchev–Trinajstić information content (AvgIpc) is 2.61. The maximum absolute atomic E-state index is 12.5. The minimum Gasteiger partial charge on any atom is -0.341 e. The number of rotatable bonds is 5. The number of amides is 2. The number of hydrogen-bond acceptors (Lipinski definition) is 4. The molecule has 6 nitrogen and oxygen atoms in total. The van der Waals surface area contributed by atoms with Gasteiger partial charge in [-0.3, -0.25) is 9.59 Å². The molecule has 0 radical (unpaired) electrons. The molecular weight excluding hydrogens is 363 g/mol. The highest BCUT2D eigenvalue weighted by molar-refractivity contribution is 6.30. The maximum Gasteiger partial charge on any atom is 0.239 e. The van der Waals surface area contributed by atoms with Crippen molar-refractivity contribution in [2.45, 2.75) is 39.2 Å². The molecule has 1 aliphatic heterocycles. The second kappa shape index (κ2) is 9.94. The summed E-state index contributed by atoms with van der Waals surface area (Å²) in [6.07, 6.45) is 3.89. The van der Waals surface area contributed by atoms with Gasteiger partial charge in [0.2, 0.25) is 11.8 Å². The van der Waals surface area contributed by atoms with Crippen LogP contribution in [0.3, 0.4) is 0 Å². The molecule has 0 bridgehead atoms. The van der Waals surface area contributed by atoms with Gasteiger partial charge in [-0.05, 0) is 30.9 Å². The third kappa shape index (κ3) is 5.83. The van der Waals surface area contributed by atoms with Crippen LogP contribution in [-0.4, -0.2) is 40.8 Å². The highest BCUT2D eigenvalue weighted by Gasteiger charge is 2.32. The fourth-order valence-electron chi connectivity index (χ4n) is 2.78. The number of nitrogens with one attached hydrogen (secondary N) is 1. The molecule has 1 aliphatic rings. The van der Waals surface area contributed by atoms with E-state index in [0.717, 1.165) is 19.3 Å². The molecule has 1 fully saturated rings. The Hall–Kier alpha value is -1.37. The first-order valence-corrected chi connectivity index (χ1v) is 8.77. The number of nitrogens with two attached hydrogens (primary N) is 1. The summed E-state index contributed by atoms with van der Waals surface area (Å²) in [5.41, 5.74) is 6.05. The predicted octanol–water partition coefficient (Wildman–Crippen LogP) is 2.71. The minimum atomic E-state index is -0.505. The number of carbonyl (C=O) groups excluding carboxylic acids is 2. The van der Waals surface area contributed by atoms with Gasteiger partial charge in [-0.15, -0.1) is 12.4 Å². The minimum absolute atomic E-state index is 0. The molecule has 0 spiro atoms. The summed E-state index contributed by atoms with van der Waals surface area (Å²) in [7, 11) is 0. The number of carbonyl (C=O) groups is 2. The number of nitrogens with zero attached hydrogens (tertiary/aromatic N) is 2. The van der Waals surface area contributed by atoms with E-state index >= 15 is 0 Å². The molecule has 2 amide bonds. The van der Waals surface area contributed by atoms with Gasteiger partial charge in [-0.1, -0.05) is 31.9 Å². The highest BCUT2D eigenvalue weighted by atomic mass is 35.5. The van der Waals surface area contributed by atoms with Crippen molar-refractivity contribution in [1.29, 1.82) is 0 Å². The number of piperidine rings is 1. The van der Waals surface area contributed by atoms with Gasteiger partial charge in [0.15, 0.2) is 0 Å². The lowest BCUT2D eigenvalue weighted by Gasteiger charge is -2.34. The van der Waals surface area contributed by atoms with Crippen molar-refractivity contribution in [2.24, 2.45) is 17.6 Å². The largest absolute Gasteiger partial charge is 0.341 e. The van der Waals surface area contributed by atoms with Crippen molar-refractivity contribution in [2.75, 3.05) is 18.4 Å². The second-order valence-corrected chi connectivity index (χ2v) is 6.82. The monoisotopic (exact) mass is 388 g/mol. The van der Waals surface area contributed by atoms with Gasteiger partial charge >= 0.3 is 0 Å². The van der Waals surface area contributed by atoms with Crippen LogP contribution in [0.15, 0.2) is 18.3 Å². The van der Waals surface area contributed by atoms with Gasteiger partial charge in [-0.2, -0.15) is 0 Å². The SMILES string of the molecule is CCC(C)C(N)C(=O)N1CCCC(C(=O)Nc2ccc(Cl)cn2)C1.Cl. The quantitative estimate of drug-likeness (QED) is 0.811. The first-order valence-electron chi connectivity index (χ1n) is 8.39. The molecule has 1 aromatic heterocycles. The third-order valence-electron chi connectivity index (χ3n) is 4.62. The molecule has 25 heavy (non-hydrogen) atoms. The number of likely N-dealkylation sites (tertiary alicyclic amines) is 1. The van der Waals surface area contributed by atoms with E-state index in [4.69, 9.17) is 17.3 Å². The molecule has 1 aromatic rings. The van der Waals surface area contributed by atoms with Crippen LogP contribution in [0, 0.1) is 11.8 Å². The Balaban J connectivity index is 0.00000312. The Labute approximate surface area is 159 Å². The smallest absolute Gasteiger partial charge is 0.239 e. The zero-order valence-corrected chi connectivity index (χ0v) is 16.1. The van der Waals surface area contributed by atoms with E-state index in [1.165, 1.54) is 6.20 Å². The number of halogens is 2. The Kier molecular flexibility index (Phi) is 8.62. The van der Waals surface area contributed by atoms with Gasteiger partial charge in [0.1, 0.15) is 5.82 Å². The lowest BCUT2D eigenvalue weighted by Crippen LogP contribution is -2.51. The van der Waals surface area contributed by atoms with Gasteiger partial charge < -0.3 is 16.0 Å². The van der Waals surface area contributed by atoms with Crippen molar-refractivity contribution in [3.63, 3.8) is 0 Å². The van der Waals surface area contributed by atoms with Crippen LogP contribution in [0.5, 0.6) is 0 Å². The Morgan fingerprint density at radius 2 is 2.20 bits per heavy atom. The molecule has 3 N–H and O–H groups in total. The van der Waals surface area contributed by atoms with Crippen LogP contribution < -0.4 is 11.1 Å². The third-order valence-corrected chi connectivity index (χ3v) is 4.85. The first-order chi connectivity index (χ1) is 11.4. The molecule has 2 rings (SSSR count). The van der Waals surface area contributed by atoms with Crippen LogP contribution in [-0.2, 0) is 9.59 Å².